The van der Waals surface area contributed by atoms with Gasteiger partial charge in [-0.1, -0.05) is 6.92 Å². The molecule has 1 rings (SSSR count). The maximum absolute atomic E-state index is 11.3. The summed E-state index contributed by atoms with van der Waals surface area (Å²) < 4.78 is 0. The molecule has 0 radical (unpaired) electrons. The van der Waals surface area contributed by atoms with E-state index < -0.39 is 0 Å². The molecule has 1 atom stereocenters. The van der Waals surface area contributed by atoms with E-state index in [1.807, 2.05) is 6.92 Å². The normalized spacial score (nSPS) is 12.1. The molecule has 3 N–H and O–H groups in total. The predicted octanol–water partition coefficient (Wildman–Crippen LogP) is 0.542. The molecule has 0 aliphatic heterocycles. The number of nitrogens with one attached hydrogen (secondary N) is 1. The van der Waals surface area contributed by atoms with E-state index in [4.69, 9.17) is 5.73 Å². The molecule has 1 unspecified atom stereocenters. The van der Waals surface area contributed by atoms with Gasteiger partial charge in [-0.2, -0.15) is 0 Å². The fourth-order valence-electron chi connectivity index (χ4n) is 0.922. The quantitative estimate of drug-likeness (QED) is 0.733. The van der Waals surface area contributed by atoms with Crippen molar-refractivity contribution in [1.29, 1.82) is 0 Å². The second-order valence-corrected chi connectivity index (χ2v) is 2.99. The number of nitrogens with two attached hydrogens (primary N) is 1. The van der Waals surface area contributed by atoms with Gasteiger partial charge < -0.3 is 5.73 Å². The molecule has 14 heavy (non-hydrogen) atoms. The number of hydrogen-bond acceptors (Lipinski definition) is 4. The smallest absolute Gasteiger partial charge is 0.229 e. The third kappa shape index (κ3) is 3.49. The van der Waals surface area contributed by atoms with Crippen LogP contribution in [0.1, 0.15) is 19.8 Å². The van der Waals surface area contributed by atoms with E-state index >= 15 is 0 Å². The van der Waals surface area contributed by atoms with Crippen LogP contribution < -0.4 is 11.1 Å². The number of rotatable bonds is 4. The second kappa shape index (κ2) is 5.29. The number of carbonyl (C=O) groups excluding carboxylic acids is 1. The van der Waals surface area contributed by atoms with E-state index in [2.05, 4.69) is 15.3 Å². The molecule has 5 heteroatoms. The Morgan fingerprint density at radius 1 is 1.57 bits per heavy atom. The topological polar surface area (TPSA) is 80.9 Å². The van der Waals surface area contributed by atoms with Crippen molar-refractivity contribution in [2.24, 2.45) is 5.73 Å². The fourth-order valence-corrected chi connectivity index (χ4v) is 0.922. The third-order valence-corrected chi connectivity index (χ3v) is 1.79. The molecule has 0 saturated heterocycles. The molecule has 5 nitrogen and oxygen atoms in total. The monoisotopic (exact) mass is 194 g/mol. The maximum atomic E-state index is 11.3. The van der Waals surface area contributed by atoms with Crippen LogP contribution >= 0.6 is 0 Å². The molecule has 1 aromatic heterocycles. The number of carbonyl (C=O) groups is 1. The molecule has 0 aliphatic carbocycles. The first-order chi connectivity index (χ1) is 6.72. The lowest BCUT2D eigenvalue weighted by molar-refractivity contribution is -0.116. The van der Waals surface area contributed by atoms with Gasteiger partial charge in [0, 0.05) is 24.9 Å². The number of nitrogens with zero attached hydrogens (tertiary/aromatic N) is 2. The van der Waals surface area contributed by atoms with Gasteiger partial charge in [0.2, 0.25) is 11.9 Å². The van der Waals surface area contributed by atoms with Crippen LogP contribution in [0.4, 0.5) is 5.95 Å². The van der Waals surface area contributed by atoms with Crippen molar-refractivity contribution < 1.29 is 4.79 Å². The van der Waals surface area contributed by atoms with Gasteiger partial charge in [-0.15, -0.1) is 0 Å². The van der Waals surface area contributed by atoms with Gasteiger partial charge >= 0.3 is 0 Å². The minimum absolute atomic E-state index is 0.0984. The van der Waals surface area contributed by atoms with Crippen LogP contribution in [0.2, 0.25) is 0 Å². The molecule has 0 fully saturated rings. The van der Waals surface area contributed by atoms with Crippen LogP contribution in [-0.4, -0.2) is 21.9 Å². The minimum atomic E-state index is -0.148. The van der Waals surface area contributed by atoms with Crippen molar-refractivity contribution in [2.75, 3.05) is 5.32 Å². The van der Waals surface area contributed by atoms with E-state index in [1.165, 1.54) is 0 Å². The molecule has 1 heterocycles. The molecule has 0 aliphatic rings. The Morgan fingerprint density at radius 2 is 2.21 bits per heavy atom. The van der Waals surface area contributed by atoms with Crippen LogP contribution in [0.15, 0.2) is 18.5 Å². The summed E-state index contributed by atoms with van der Waals surface area (Å²) in [5, 5.41) is 2.57. The molecule has 0 spiro atoms. The van der Waals surface area contributed by atoms with Gasteiger partial charge in [0.15, 0.2) is 0 Å². The van der Waals surface area contributed by atoms with Crippen LogP contribution in [0.3, 0.4) is 0 Å². The van der Waals surface area contributed by atoms with Crippen LogP contribution in [-0.2, 0) is 4.79 Å². The highest BCUT2D eigenvalue weighted by Gasteiger charge is 2.08. The molecule has 1 amide bonds. The Hall–Kier alpha value is -1.49. The summed E-state index contributed by atoms with van der Waals surface area (Å²) in [4.78, 5) is 19.0. The van der Waals surface area contributed by atoms with Gasteiger partial charge in [0.25, 0.3) is 0 Å². The van der Waals surface area contributed by atoms with Crippen molar-refractivity contribution in [2.45, 2.75) is 25.8 Å². The van der Waals surface area contributed by atoms with E-state index in [9.17, 15) is 4.79 Å². The summed E-state index contributed by atoms with van der Waals surface area (Å²) >= 11 is 0. The molecule has 76 valence electrons. The Morgan fingerprint density at radius 3 is 2.79 bits per heavy atom. The minimum Gasteiger partial charge on any atom is -0.327 e. The highest BCUT2D eigenvalue weighted by molar-refractivity contribution is 5.89. The summed E-state index contributed by atoms with van der Waals surface area (Å²) in [7, 11) is 0. The summed E-state index contributed by atoms with van der Waals surface area (Å²) in [6.07, 6.45) is 4.22. The molecule has 0 aromatic carbocycles. The van der Waals surface area contributed by atoms with Gasteiger partial charge in [-0.3, -0.25) is 10.1 Å². The molecule has 0 saturated carbocycles. The van der Waals surface area contributed by atoms with Crippen molar-refractivity contribution in [3.8, 4) is 0 Å². The van der Waals surface area contributed by atoms with Crippen molar-refractivity contribution in [1.82, 2.24) is 9.97 Å². The van der Waals surface area contributed by atoms with Crippen LogP contribution in [0, 0.1) is 0 Å². The van der Waals surface area contributed by atoms with Crippen molar-refractivity contribution >= 4 is 11.9 Å². The zero-order chi connectivity index (χ0) is 10.4. The first kappa shape index (κ1) is 10.6. The van der Waals surface area contributed by atoms with Crippen LogP contribution in [0.5, 0.6) is 0 Å². The van der Waals surface area contributed by atoms with Crippen molar-refractivity contribution in [3.05, 3.63) is 18.5 Å². The molecular formula is C9H14N4O. The Labute approximate surface area is 82.7 Å². The first-order valence-electron chi connectivity index (χ1n) is 4.54. The Balaban J connectivity index is 2.42. The highest BCUT2D eigenvalue weighted by atomic mass is 16.1. The van der Waals surface area contributed by atoms with E-state index in [0.29, 0.717) is 12.4 Å². The summed E-state index contributed by atoms with van der Waals surface area (Å²) in [5.41, 5.74) is 5.63. The van der Waals surface area contributed by atoms with Gasteiger partial charge in [0.05, 0.1) is 0 Å². The first-order valence-corrected chi connectivity index (χ1v) is 4.54. The average molecular weight is 194 g/mol. The summed E-state index contributed by atoms with van der Waals surface area (Å²) in [6, 6.07) is 1.59. The zero-order valence-electron chi connectivity index (χ0n) is 8.10. The Kier molecular flexibility index (Phi) is 4.00. The molecule has 0 bridgehead atoms. The largest absolute Gasteiger partial charge is 0.327 e. The van der Waals surface area contributed by atoms with Gasteiger partial charge in [0.1, 0.15) is 0 Å². The summed E-state index contributed by atoms with van der Waals surface area (Å²) in [5.74, 6) is 0.173. The van der Waals surface area contributed by atoms with E-state index in [1.54, 1.807) is 18.5 Å². The number of amides is 1. The predicted molar refractivity (Wildman–Crippen MR) is 53.5 cm³/mol. The third-order valence-electron chi connectivity index (χ3n) is 1.79. The van der Waals surface area contributed by atoms with E-state index in [0.717, 1.165) is 6.42 Å². The molecular weight excluding hydrogens is 180 g/mol. The standard InChI is InChI=1S/C9H14N4O/c1-2-7(10)6-8(14)13-9-11-4-3-5-12-9/h3-5,7H,2,6,10H2,1H3,(H,11,12,13,14). The SMILES string of the molecule is CCC(N)CC(=O)Nc1ncccn1. The fraction of sp³-hybridized carbons (Fsp3) is 0.444. The lowest BCUT2D eigenvalue weighted by Gasteiger charge is -2.07. The van der Waals surface area contributed by atoms with Crippen molar-refractivity contribution in [3.63, 3.8) is 0 Å². The highest BCUT2D eigenvalue weighted by Crippen LogP contribution is 1.98. The lowest BCUT2D eigenvalue weighted by Crippen LogP contribution is -2.26. The second-order valence-electron chi connectivity index (χ2n) is 2.99. The number of anilines is 1. The Bertz CT molecular complexity index is 288. The number of hydrogen-bond donors (Lipinski definition) is 2. The maximum Gasteiger partial charge on any atom is 0.229 e. The van der Waals surface area contributed by atoms with Gasteiger partial charge in [-0.05, 0) is 12.5 Å². The lowest BCUT2D eigenvalue weighted by atomic mass is 10.1. The van der Waals surface area contributed by atoms with Crippen LogP contribution in [0.25, 0.3) is 0 Å². The van der Waals surface area contributed by atoms with Gasteiger partial charge in [-0.25, -0.2) is 9.97 Å². The average Bonchev–Trinajstić information content (AvgIpc) is 2.19. The molecule has 1 aromatic rings. The number of aromatic nitrogens is 2. The zero-order valence-corrected chi connectivity index (χ0v) is 8.10. The summed E-state index contributed by atoms with van der Waals surface area (Å²) in [6.45, 7) is 1.94. The van der Waals surface area contributed by atoms with E-state index in [-0.39, 0.29) is 11.9 Å².